The van der Waals surface area contributed by atoms with E-state index in [0.29, 0.717) is 0 Å². The highest BCUT2D eigenvalue weighted by atomic mass is 32.2. The van der Waals surface area contributed by atoms with Gasteiger partial charge in [0, 0.05) is 53.1 Å². The van der Waals surface area contributed by atoms with E-state index in [9.17, 15) is 0 Å². The molecule has 0 amide bonds. The first-order chi connectivity index (χ1) is 38.7. The second-order valence-corrected chi connectivity index (χ2v) is 23.2. The van der Waals surface area contributed by atoms with Gasteiger partial charge in [-0.05, 0) is 163 Å². The van der Waals surface area contributed by atoms with Gasteiger partial charge in [-0.25, -0.2) is 0 Å². The van der Waals surface area contributed by atoms with Crippen LogP contribution in [-0.2, 0) is 10.8 Å². The van der Waals surface area contributed by atoms with Crippen LogP contribution in [0.5, 0.6) is 0 Å². The molecule has 4 aliphatic rings. The Hall–Kier alpha value is -9.06. The molecule has 364 valence electrons. The molecule has 12 aromatic carbocycles. The highest BCUT2D eigenvalue weighted by Gasteiger charge is 2.52. The van der Waals surface area contributed by atoms with Gasteiger partial charge in [-0.15, -0.1) is 0 Å². The van der Waals surface area contributed by atoms with Gasteiger partial charge in [-0.2, -0.15) is 0 Å². The molecule has 0 N–H and O–H groups in total. The topological polar surface area (TPSA) is 8.17 Å². The smallest absolute Gasteiger partial charge is 0.0735 e. The van der Waals surface area contributed by atoms with Gasteiger partial charge in [0.1, 0.15) is 0 Å². The summed E-state index contributed by atoms with van der Waals surface area (Å²) in [6.07, 6.45) is 0. The molecule has 0 saturated heterocycles. The molecule has 1 aromatic heterocycles. The van der Waals surface area contributed by atoms with Crippen LogP contribution in [-0.4, -0.2) is 4.57 Å². The molecule has 4 heteroatoms. The maximum Gasteiger partial charge on any atom is 0.0735 e. The molecule has 13 aromatic rings. The summed E-state index contributed by atoms with van der Waals surface area (Å²) in [5.41, 5.74) is 24.1. The Labute approximate surface area is 461 Å². The lowest BCUT2D eigenvalue weighted by atomic mass is 9.67. The van der Waals surface area contributed by atoms with Crippen LogP contribution in [0.3, 0.4) is 0 Å². The van der Waals surface area contributed by atoms with E-state index in [1.807, 2.05) is 23.5 Å². The van der Waals surface area contributed by atoms with Crippen LogP contribution in [0.25, 0.3) is 60.9 Å². The van der Waals surface area contributed by atoms with Gasteiger partial charge in [0.25, 0.3) is 0 Å². The number of nitrogens with zero attached hydrogens (tertiary/aromatic N) is 2. The van der Waals surface area contributed by atoms with Gasteiger partial charge in [-0.1, -0.05) is 218 Å². The molecule has 0 saturated carbocycles. The molecular weight excluding hydrogens is 981 g/mol. The second-order valence-electron chi connectivity index (χ2n) is 21.0. The number of fused-ring (bicyclic) bond motifs is 21. The van der Waals surface area contributed by atoms with E-state index in [1.165, 1.54) is 119 Å². The van der Waals surface area contributed by atoms with Crippen molar-refractivity contribution >= 4 is 62.4 Å². The van der Waals surface area contributed by atoms with E-state index in [2.05, 4.69) is 289 Å². The van der Waals surface area contributed by atoms with Gasteiger partial charge < -0.3 is 9.47 Å². The van der Waals surface area contributed by atoms with Gasteiger partial charge in [0.05, 0.1) is 21.9 Å². The van der Waals surface area contributed by atoms with Crippen LogP contribution in [0.1, 0.15) is 44.5 Å². The molecule has 2 spiro atoms. The predicted octanol–water partition coefficient (Wildman–Crippen LogP) is 19.6. The molecule has 2 aliphatic carbocycles. The average Bonchev–Trinajstić information content (AvgIpc) is 4.09. The van der Waals surface area contributed by atoms with Crippen LogP contribution in [0.2, 0.25) is 0 Å². The maximum absolute atomic E-state index is 2.50. The van der Waals surface area contributed by atoms with Gasteiger partial charge in [-0.3, -0.25) is 0 Å². The minimum Gasteiger partial charge on any atom is -0.310 e. The third kappa shape index (κ3) is 5.96. The fourth-order valence-corrected chi connectivity index (χ4v) is 16.6. The lowest BCUT2D eigenvalue weighted by molar-refractivity contribution is 0.722. The Balaban J connectivity index is 0.874. The summed E-state index contributed by atoms with van der Waals surface area (Å²) in [5.74, 6) is 0. The molecule has 17 rings (SSSR count). The molecule has 0 atom stereocenters. The fraction of sp³-hybridized carbons (Fsp3) is 0.0270. The SMILES string of the molecule is c1ccc(-n2c3ccccc3c3ccc(-c4ccc(N(c5ccc6c(c5)-c5ccccc5C65c6ccccc6Sc6ccccc65)c5ccc6c(c5)-c5ccccc5C65c6ccccc6Sc6ccccc65)cc4)cc32)cc1. The molecule has 78 heavy (non-hydrogen) atoms. The van der Waals surface area contributed by atoms with Crippen molar-refractivity contribution in [1.29, 1.82) is 0 Å². The van der Waals surface area contributed by atoms with Crippen molar-refractivity contribution in [2.24, 2.45) is 0 Å². The zero-order chi connectivity index (χ0) is 51.1. The van der Waals surface area contributed by atoms with Crippen molar-refractivity contribution in [3.63, 3.8) is 0 Å². The number of hydrogen-bond donors (Lipinski definition) is 0. The van der Waals surface area contributed by atoms with E-state index < -0.39 is 10.8 Å². The molecule has 0 bridgehead atoms. The Morgan fingerprint density at radius 1 is 0.269 bits per heavy atom. The molecule has 2 nitrogen and oxygen atoms in total. The zero-order valence-corrected chi connectivity index (χ0v) is 43.9. The van der Waals surface area contributed by atoms with Gasteiger partial charge in [0.2, 0.25) is 0 Å². The molecular formula is C74H46N2S2. The van der Waals surface area contributed by atoms with E-state index in [4.69, 9.17) is 0 Å². The summed E-state index contributed by atoms with van der Waals surface area (Å²) >= 11 is 3.78. The zero-order valence-electron chi connectivity index (χ0n) is 42.3. The second kappa shape index (κ2) is 16.7. The van der Waals surface area contributed by atoms with E-state index in [0.717, 1.165) is 22.7 Å². The third-order valence-corrected chi connectivity index (χ3v) is 19.6. The minimum atomic E-state index is -0.459. The fourth-order valence-electron chi connectivity index (χ4n) is 14.2. The number of benzene rings is 12. The van der Waals surface area contributed by atoms with Crippen molar-refractivity contribution in [2.45, 2.75) is 30.4 Å². The van der Waals surface area contributed by atoms with E-state index in [1.54, 1.807) is 0 Å². The molecule has 2 aliphatic heterocycles. The number of anilines is 3. The number of hydrogen-bond acceptors (Lipinski definition) is 3. The van der Waals surface area contributed by atoms with Crippen molar-refractivity contribution in [3.05, 3.63) is 324 Å². The number of aromatic nitrogens is 1. The van der Waals surface area contributed by atoms with Crippen molar-refractivity contribution in [2.75, 3.05) is 4.90 Å². The Bertz CT molecular complexity index is 4360. The monoisotopic (exact) mass is 1030 g/mol. The molecule has 3 heterocycles. The van der Waals surface area contributed by atoms with Crippen molar-refractivity contribution < 1.29 is 0 Å². The quantitative estimate of drug-likeness (QED) is 0.170. The lowest BCUT2D eigenvalue weighted by Crippen LogP contribution is -2.32. The first-order valence-corrected chi connectivity index (χ1v) is 28.5. The Kier molecular flexibility index (Phi) is 9.45. The summed E-state index contributed by atoms with van der Waals surface area (Å²) in [4.78, 5) is 7.73. The standard InChI is InChI=1S/C74H46N2S2/c1-2-18-49(19-3-1)76-67-29-13-6-22-55(67)56-41-36-48(44-68(56)76)47-34-37-50(38-35-47)75(51-39-42-61-57(45-51)53-20-4-7-23-59(53)73(61)63-25-9-14-30-69(63)77-70-31-15-10-26-64(70)73)52-40-43-62-58(46-52)54-21-5-8-24-60(54)74(62)65-27-11-16-32-71(65)78-72-33-17-12-28-66(72)74/h1-46H. The van der Waals surface area contributed by atoms with E-state index in [-0.39, 0.29) is 0 Å². The molecule has 0 fully saturated rings. The van der Waals surface area contributed by atoms with Crippen LogP contribution in [0.4, 0.5) is 17.1 Å². The Morgan fingerprint density at radius 2 is 0.667 bits per heavy atom. The van der Waals surface area contributed by atoms with Crippen molar-refractivity contribution in [1.82, 2.24) is 4.57 Å². The summed E-state index contributed by atoms with van der Waals surface area (Å²) in [6, 6.07) is 105. The van der Waals surface area contributed by atoms with Gasteiger partial charge >= 0.3 is 0 Å². The normalized spacial score (nSPS) is 14.3. The Morgan fingerprint density at radius 3 is 1.19 bits per heavy atom. The maximum atomic E-state index is 2.50. The molecule has 0 radical (unpaired) electrons. The minimum absolute atomic E-state index is 0.459. The molecule has 0 unspecified atom stereocenters. The largest absolute Gasteiger partial charge is 0.310 e. The summed E-state index contributed by atoms with van der Waals surface area (Å²) in [5, 5.41) is 2.50. The highest BCUT2D eigenvalue weighted by molar-refractivity contribution is 7.99. The first kappa shape index (κ1) is 44.1. The van der Waals surface area contributed by atoms with Crippen molar-refractivity contribution in [3.8, 4) is 39.1 Å². The summed E-state index contributed by atoms with van der Waals surface area (Å²) < 4.78 is 2.41. The average molecular weight is 1030 g/mol. The first-order valence-electron chi connectivity index (χ1n) is 26.9. The third-order valence-electron chi connectivity index (χ3n) is 17.3. The highest BCUT2D eigenvalue weighted by Crippen LogP contribution is 2.65. The number of para-hydroxylation sites is 2. The van der Waals surface area contributed by atoms with E-state index >= 15 is 0 Å². The number of rotatable bonds is 5. The van der Waals surface area contributed by atoms with Crippen LogP contribution in [0, 0.1) is 0 Å². The lowest BCUT2D eigenvalue weighted by Gasteiger charge is -2.40. The van der Waals surface area contributed by atoms with Gasteiger partial charge in [0.15, 0.2) is 0 Å². The van der Waals surface area contributed by atoms with Crippen LogP contribution < -0.4 is 4.90 Å². The summed E-state index contributed by atoms with van der Waals surface area (Å²) in [7, 11) is 0. The van der Waals surface area contributed by atoms with Crippen LogP contribution in [0.15, 0.2) is 299 Å². The van der Waals surface area contributed by atoms with Crippen LogP contribution >= 0.6 is 23.5 Å². The predicted molar refractivity (Wildman–Crippen MR) is 324 cm³/mol. The summed E-state index contributed by atoms with van der Waals surface area (Å²) in [6.45, 7) is 0.